The van der Waals surface area contributed by atoms with Gasteiger partial charge in [-0.05, 0) is 39.4 Å². The van der Waals surface area contributed by atoms with Gasteiger partial charge in [0.2, 0.25) is 0 Å². The SMILES string of the molecule is COc1ccc(C(OCc2ccccc2)c2c(O)c3ccccc3c3ccccc23)cc1. The smallest absolute Gasteiger partial charge is 0.130 e. The van der Waals surface area contributed by atoms with Crippen LogP contribution in [0.3, 0.4) is 0 Å². The van der Waals surface area contributed by atoms with Crippen molar-refractivity contribution in [3.8, 4) is 11.5 Å². The van der Waals surface area contributed by atoms with Crippen molar-refractivity contribution in [1.29, 1.82) is 0 Å². The topological polar surface area (TPSA) is 38.7 Å². The maximum absolute atomic E-state index is 11.5. The normalized spacial score (nSPS) is 12.2. The Kier molecular flexibility index (Phi) is 5.49. The molecule has 0 aliphatic carbocycles. The number of methoxy groups -OCH3 is 1. The highest BCUT2D eigenvalue weighted by Crippen LogP contribution is 2.44. The molecule has 0 radical (unpaired) electrons. The first kappa shape index (κ1) is 20.1. The molecule has 0 aliphatic heterocycles. The second kappa shape index (κ2) is 8.74. The fourth-order valence-electron chi connectivity index (χ4n) is 4.29. The lowest BCUT2D eigenvalue weighted by Crippen LogP contribution is -2.08. The molecule has 0 saturated carbocycles. The van der Waals surface area contributed by atoms with Crippen molar-refractivity contribution < 1.29 is 14.6 Å². The van der Waals surface area contributed by atoms with Gasteiger partial charge < -0.3 is 14.6 Å². The zero-order chi connectivity index (χ0) is 21.9. The summed E-state index contributed by atoms with van der Waals surface area (Å²) in [6.07, 6.45) is -0.449. The van der Waals surface area contributed by atoms with Crippen molar-refractivity contribution in [2.75, 3.05) is 7.11 Å². The molecule has 5 aromatic carbocycles. The van der Waals surface area contributed by atoms with Crippen molar-refractivity contribution >= 4 is 21.5 Å². The van der Waals surface area contributed by atoms with Gasteiger partial charge in [0.15, 0.2) is 0 Å². The Bertz CT molecular complexity index is 1360. The van der Waals surface area contributed by atoms with Gasteiger partial charge in [0, 0.05) is 10.9 Å². The molecule has 1 unspecified atom stereocenters. The van der Waals surface area contributed by atoms with E-state index in [9.17, 15) is 5.11 Å². The molecule has 0 bridgehead atoms. The summed E-state index contributed by atoms with van der Waals surface area (Å²) in [6, 6.07) is 34.1. The highest BCUT2D eigenvalue weighted by molar-refractivity contribution is 6.12. The Labute approximate surface area is 187 Å². The zero-order valence-corrected chi connectivity index (χ0v) is 17.9. The van der Waals surface area contributed by atoms with Gasteiger partial charge in [-0.3, -0.25) is 0 Å². The van der Waals surface area contributed by atoms with Crippen LogP contribution in [0.15, 0.2) is 103 Å². The number of benzene rings is 5. The molecule has 0 aromatic heterocycles. The fraction of sp³-hybridized carbons (Fsp3) is 0.103. The average molecular weight is 421 g/mol. The second-order valence-electron chi connectivity index (χ2n) is 7.80. The molecule has 5 rings (SSSR count). The molecule has 32 heavy (non-hydrogen) atoms. The van der Waals surface area contributed by atoms with E-state index in [2.05, 4.69) is 12.1 Å². The van der Waals surface area contributed by atoms with Crippen LogP contribution in [-0.4, -0.2) is 12.2 Å². The molecule has 0 heterocycles. The first-order valence-electron chi connectivity index (χ1n) is 10.7. The summed E-state index contributed by atoms with van der Waals surface area (Å²) in [5, 5.41) is 15.4. The van der Waals surface area contributed by atoms with Crippen LogP contribution in [0.1, 0.15) is 22.8 Å². The van der Waals surface area contributed by atoms with E-state index >= 15 is 0 Å². The lowest BCUT2D eigenvalue weighted by molar-refractivity contribution is 0.0662. The molecule has 0 fully saturated rings. The molecule has 5 aromatic rings. The number of fused-ring (bicyclic) bond motifs is 3. The van der Waals surface area contributed by atoms with Gasteiger partial charge in [-0.2, -0.15) is 0 Å². The van der Waals surface area contributed by atoms with Gasteiger partial charge >= 0.3 is 0 Å². The minimum Gasteiger partial charge on any atom is -0.507 e. The third-order valence-corrected chi connectivity index (χ3v) is 5.88. The van der Waals surface area contributed by atoms with Crippen LogP contribution >= 0.6 is 0 Å². The first-order valence-corrected chi connectivity index (χ1v) is 10.7. The fourth-order valence-corrected chi connectivity index (χ4v) is 4.29. The van der Waals surface area contributed by atoms with Crippen molar-refractivity contribution in [1.82, 2.24) is 0 Å². The van der Waals surface area contributed by atoms with Crippen LogP contribution in [0, 0.1) is 0 Å². The first-order chi connectivity index (χ1) is 15.8. The number of phenols is 1. The number of hydrogen-bond donors (Lipinski definition) is 1. The minimum absolute atomic E-state index is 0.258. The molecule has 3 nitrogen and oxygen atoms in total. The van der Waals surface area contributed by atoms with Gasteiger partial charge in [-0.25, -0.2) is 0 Å². The highest BCUT2D eigenvalue weighted by atomic mass is 16.5. The van der Waals surface area contributed by atoms with E-state index in [-0.39, 0.29) is 5.75 Å². The maximum Gasteiger partial charge on any atom is 0.130 e. The Morgan fingerprint density at radius 1 is 0.656 bits per heavy atom. The standard InChI is InChI=1S/C29H24O3/c1-31-22-17-15-21(16-18-22)29(32-19-20-9-3-2-4-10-20)27-25-13-7-5-11-23(25)24-12-6-8-14-26(24)28(27)30/h2-18,29-30H,19H2,1H3. The summed E-state index contributed by atoms with van der Waals surface area (Å²) in [6.45, 7) is 0.429. The van der Waals surface area contributed by atoms with Crippen molar-refractivity contribution in [3.05, 3.63) is 120 Å². The van der Waals surface area contributed by atoms with E-state index in [1.165, 1.54) is 0 Å². The summed E-state index contributed by atoms with van der Waals surface area (Å²) in [5.74, 6) is 1.04. The Hall–Kier alpha value is -3.82. The van der Waals surface area contributed by atoms with Gasteiger partial charge in [0.25, 0.3) is 0 Å². The minimum atomic E-state index is -0.449. The lowest BCUT2D eigenvalue weighted by atomic mass is 9.90. The van der Waals surface area contributed by atoms with E-state index in [4.69, 9.17) is 9.47 Å². The second-order valence-corrected chi connectivity index (χ2v) is 7.80. The van der Waals surface area contributed by atoms with E-state index in [0.29, 0.717) is 6.61 Å². The van der Waals surface area contributed by atoms with Crippen LogP contribution in [0.25, 0.3) is 21.5 Å². The number of aromatic hydroxyl groups is 1. The lowest BCUT2D eigenvalue weighted by Gasteiger charge is -2.23. The molecular weight excluding hydrogens is 396 g/mol. The Balaban J connectivity index is 1.71. The van der Waals surface area contributed by atoms with E-state index < -0.39 is 6.10 Å². The van der Waals surface area contributed by atoms with Crippen LogP contribution in [0.4, 0.5) is 0 Å². The van der Waals surface area contributed by atoms with Gasteiger partial charge in [0.05, 0.1) is 13.7 Å². The van der Waals surface area contributed by atoms with Crippen LogP contribution in [0.5, 0.6) is 11.5 Å². The number of ether oxygens (including phenoxy) is 2. The van der Waals surface area contributed by atoms with E-state index in [1.54, 1.807) is 7.11 Å². The van der Waals surface area contributed by atoms with Crippen molar-refractivity contribution in [3.63, 3.8) is 0 Å². The zero-order valence-electron chi connectivity index (χ0n) is 17.9. The third kappa shape index (κ3) is 3.68. The van der Waals surface area contributed by atoms with Gasteiger partial charge in [0.1, 0.15) is 17.6 Å². The summed E-state index contributed by atoms with van der Waals surface area (Å²) in [4.78, 5) is 0. The highest BCUT2D eigenvalue weighted by Gasteiger charge is 2.24. The van der Waals surface area contributed by atoms with Gasteiger partial charge in [-0.15, -0.1) is 0 Å². The summed E-state index contributed by atoms with van der Waals surface area (Å²) in [7, 11) is 1.65. The molecule has 158 valence electrons. The Morgan fingerprint density at radius 2 is 1.22 bits per heavy atom. The molecular formula is C29H24O3. The monoisotopic (exact) mass is 420 g/mol. The quantitative estimate of drug-likeness (QED) is 0.300. The van der Waals surface area contributed by atoms with Crippen molar-refractivity contribution in [2.24, 2.45) is 0 Å². The number of rotatable bonds is 6. The predicted molar refractivity (Wildman–Crippen MR) is 129 cm³/mol. The molecule has 1 N–H and O–H groups in total. The number of hydrogen-bond acceptors (Lipinski definition) is 3. The van der Waals surface area contributed by atoms with Crippen LogP contribution in [0.2, 0.25) is 0 Å². The van der Waals surface area contributed by atoms with E-state index in [1.807, 2.05) is 91.0 Å². The predicted octanol–water partition coefficient (Wildman–Crippen LogP) is 7.01. The summed E-state index contributed by atoms with van der Waals surface area (Å²) in [5.41, 5.74) is 2.81. The largest absolute Gasteiger partial charge is 0.507 e. The molecule has 0 aliphatic rings. The molecule has 0 spiro atoms. The Morgan fingerprint density at radius 3 is 1.88 bits per heavy atom. The molecule has 0 amide bonds. The molecule has 1 atom stereocenters. The van der Waals surface area contributed by atoms with E-state index in [0.717, 1.165) is 44.0 Å². The van der Waals surface area contributed by atoms with Crippen molar-refractivity contribution in [2.45, 2.75) is 12.7 Å². The average Bonchev–Trinajstić information content (AvgIpc) is 2.87. The molecule has 0 saturated heterocycles. The van der Waals surface area contributed by atoms with Crippen LogP contribution < -0.4 is 4.74 Å². The number of phenolic OH excluding ortho intramolecular Hbond substituents is 1. The van der Waals surface area contributed by atoms with Gasteiger partial charge in [-0.1, -0.05) is 91.0 Å². The summed E-state index contributed by atoms with van der Waals surface area (Å²) >= 11 is 0. The summed E-state index contributed by atoms with van der Waals surface area (Å²) < 4.78 is 11.9. The van der Waals surface area contributed by atoms with Crippen LogP contribution in [-0.2, 0) is 11.3 Å². The molecule has 3 heteroatoms. The maximum atomic E-state index is 11.5. The third-order valence-electron chi connectivity index (χ3n) is 5.88.